The SMILES string of the molecule is C=C/C=C\C(=C/C)C1CCC(C)CC1.CC(=O)c1ccc(C(C)C(F)(F)F)cc1.CCC. The molecular weight excluding hydrogens is 409 g/mol. The molecule has 1 aromatic carbocycles. The number of ketones is 1. The molecule has 32 heavy (non-hydrogen) atoms. The van der Waals surface area contributed by atoms with Crippen LogP contribution in [-0.2, 0) is 0 Å². The topological polar surface area (TPSA) is 17.1 Å². The molecule has 0 saturated heterocycles. The minimum Gasteiger partial charge on any atom is -0.295 e. The summed E-state index contributed by atoms with van der Waals surface area (Å²) in [6, 6.07) is 5.52. The van der Waals surface area contributed by atoms with Crippen molar-refractivity contribution in [2.45, 2.75) is 85.7 Å². The molecule has 0 amide bonds. The predicted octanol–water partition coefficient (Wildman–Crippen LogP) is 9.47. The number of hydrogen-bond donors (Lipinski definition) is 0. The van der Waals surface area contributed by atoms with Gasteiger partial charge in [-0.05, 0) is 56.6 Å². The van der Waals surface area contributed by atoms with Gasteiger partial charge in [-0.3, -0.25) is 4.79 Å². The molecule has 2 rings (SSSR count). The Morgan fingerprint density at radius 1 is 1.12 bits per heavy atom. The molecule has 1 unspecified atom stereocenters. The van der Waals surface area contributed by atoms with Crippen LogP contribution in [0, 0.1) is 11.8 Å². The number of rotatable bonds is 5. The summed E-state index contributed by atoms with van der Waals surface area (Å²) in [4.78, 5) is 10.9. The van der Waals surface area contributed by atoms with Gasteiger partial charge in [0.15, 0.2) is 5.78 Å². The van der Waals surface area contributed by atoms with Crippen LogP contribution >= 0.6 is 0 Å². The van der Waals surface area contributed by atoms with Crippen LogP contribution in [0.15, 0.2) is 60.7 Å². The molecule has 180 valence electrons. The number of benzene rings is 1. The monoisotopic (exact) mass is 450 g/mol. The average Bonchev–Trinajstić information content (AvgIpc) is 2.75. The maximum absolute atomic E-state index is 12.3. The molecule has 1 saturated carbocycles. The van der Waals surface area contributed by atoms with Crippen LogP contribution < -0.4 is 0 Å². The van der Waals surface area contributed by atoms with Crippen LogP contribution in [0.1, 0.15) is 95.5 Å². The van der Waals surface area contributed by atoms with Crippen molar-refractivity contribution in [2.24, 2.45) is 11.8 Å². The number of carbonyl (C=O) groups excluding carboxylic acids is 1. The summed E-state index contributed by atoms with van der Waals surface area (Å²) in [5, 5.41) is 0. The van der Waals surface area contributed by atoms with Crippen molar-refractivity contribution in [1.82, 2.24) is 0 Å². The van der Waals surface area contributed by atoms with E-state index in [1.807, 2.05) is 12.2 Å². The summed E-state index contributed by atoms with van der Waals surface area (Å²) in [6.45, 7) is 14.9. The van der Waals surface area contributed by atoms with Gasteiger partial charge in [-0.25, -0.2) is 0 Å². The Hall–Kier alpha value is -2.10. The average molecular weight is 451 g/mol. The third-order valence-corrected chi connectivity index (χ3v) is 5.55. The molecule has 0 bridgehead atoms. The standard InChI is InChI=1S/C14H22.C11H11F3O.C3H8/c1-4-6-7-13(5-2)14-10-8-12(3)9-11-14;1-7(11(12,13)14)9-3-5-10(6-4-9)8(2)15;1-3-2/h4-7,12,14H,1,8-11H2,2-3H3;3-7H,1-2H3;3H2,1-2H3/b7-6-,13-5+;;. The van der Waals surface area contributed by atoms with Gasteiger partial charge in [0.05, 0.1) is 5.92 Å². The zero-order valence-corrected chi connectivity index (χ0v) is 20.6. The van der Waals surface area contributed by atoms with Gasteiger partial charge in [0.25, 0.3) is 0 Å². The number of hydrogen-bond acceptors (Lipinski definition) is 1. The lowest BCUT2D eigenvalue weighted by Gasteiger charge is -2.27. The van der Waals surface area contributed by atoms with Crippen molar-refractivity contribution < 1.29 is 18.0 Å². The summed E-state index contributed by atoms with van der Waals surface area (Å²) < 4.78 is 37.0. The number of Topliss-reactive ketones (excluding diaryl/α,β-unsaturated/α-hetero) is 1. The number of carbonyl (C=O) groups is 1. The Kier molecular flexibility index (Phi) is 14.6. The number of halogens is 3. The molecule has 0 spiro atoms. The lowest BCUT2D eigenvalue weighted by Crippen LogP contribution is -2.17. The highest BCUT2D eigenvalue weighted by molar-refractivity contribution is 5.94. The van der Waals surface area contributed by atoms with Crippen LogP contribution in [0.5, 0.6) is 0 Å². The molecule has 1 aliphatic carbocycles. The quantitative estimate of drug-likeness (QED) is 0.322. The highest BCUT2D eigenvalue weighted by atomic mass is 19.4. The summed E-state index contributed by atoms with van der Waals surface area (Å²) in [7, 11) is 0. The van der Waals surface area contributed by atoms with E-state index in [1.165, 1.54) is 68.9 Å². The fourth-order valence-electron chi connectivity index (χ4n) is 3.44. The van der Waals surface area contributed by atoms with Crippen molar-refractivity contribution in [2.75, 3.05) is 0 Å². The van der Waals surface area contributed by atoms with Crippen LogP contribution in [0.3, 0.4) is 0 Å². The van der Waals surface area contributed by atoms with Crippen molar-refractivity contribution >= 4 is 5.78 Å². The molecule has 4 heteroatoms. The van der Waals surface area contributed by atoms with E-state index in [4.69, 9.17) is 0 Å². The first-order valence-electron chi connectivity index (χ1n) is 11.6. The maximum atomic E-state index is 12.3. The van der Waals surface area contributed by atoms with E-state index in [-0.39, 0.29) is 11.3 Å². The van der Waals surface area contributed by atoms with Gasteiger partial charge in [-0.2, -0.15) is 13.2 Å². The summed E-state index contributed by atoms with van der Waals surface area (Å²) in [6.07, 6.45) is 10.9. The van der Waals surface area contributed by atoms with Gasteiger partial charge in [0.1, 0.15) is 0 Å². The van der Waals surface area contributed by atoms with E-state index in [9.17, 15) is 18.0 Å². The minimum absolute atomic E-state index is 0.152. The number of allylic oxidation sites excluding steroid dienone is 5. The molecule has 1 aliphatic rings. The van der Waals surface area contributed by atoms with Gasteiger partial charge in [-0.1, -0.05) is 95.2 Å². The first-order chi connectivity index (χ1) is 15.0. The lowest BCUT2D eigenvalue weighted by molar-refractivity contribution is -0.146. The second kappa shape index (κ2) is 15.7. The number of alkyl halides is 3. The second-order valence-electron chi connectivity index (χ2n) is 8.49. The largest absolute Gasteiger partial charge is 0.395 e. The van der Waals surface area contributed by atoms with E-state index in [2.05, 4.69) is 46.4 Å². The lowest BCUT2D eigenvalue weighted by atomic mass is 9.79. The van der Waals surface area contributed by atoms with Gasteiger partial charge < -0.3 is 0 Å². The highest BCUT2D eigenvalue weighted by Gasteiger charge is 2.36. The third kappa shape index (κ3) is 11.5. The smallest absolute Gasteiger partial charge is 0.295 e. The van der Waals surface area contributed by atoms with E-state index in [0.29, 0.717) is 5.56 Å². The molecule has 1 aromatic rings. The zero-order valence-electron chi connectivity index (χ0n) is 20.6. The fourth-order valence-corrected chi connectivity index (χ4v) is 3.44. The van der Waals surface area contributed by atoms with Crippen LogP contribution in [0.2, 0.25) is 0 Å². The summed E-state index contributed by atoms with van der Waals surface area (Å²) in [5.41, 5.74) is 2.09. The Bertz CT molecular complexity index is 718. The zero-order chi connectivity index (χ0) is 24.7. The van der Waals surface area contributed by atoms with Gasteiger partial charge in [-0.15, -0.1) is 0 Å². The minimum atomic E-state index is -4.24. The van der Waals surface area contributed by atoms with E-state index < -0.39 is 12.1 Å². The van der Waals surface area contributed by atoms with Crippen molar-refractivity contribution in [1.29, 1.82) is 0 Å². The van der Waals surface area contributed by atoms with Crippen LogP contribution in [0.4, 0.5) is 13.2 Å². The molecule has 0 aromatic heterocycles. The van der Waals surface area contributed by atoms with Gasteiger partial charge >= 0.3 is 6.18 Å². The normalized spacial score (nSPS) is 19.8. The van der Waals surface area contributed by atoms with Gasteiger partial charge in [0.2, 0.25) is 0 Å². The van der Waals surface area contributed by atoms with Crippen LogP contribution in [0.25, 0.3) is 0 Å². The van der Waals surface area contributed by atoms with E-state index in [0.717, 1.165) is 18.8 Å². The highest BCUT2D eigenvalue weighted by Crippen LogP contribution is 2.34. The Balaban J connectivity index is 0.000000536. The molecular formula is C28H41F3O. The first kappa shape index (κ1) is 29.9. The Labute approximate surface area is 193 Å². The third-order valence-electron chi connectivity index (χ3n) is 5.55. The predicted molar refractivity (Wildman–Crippen MR) is 131 cm³/mol. The molecule has 1 atom stereocenters. The summed E-state index contributed by atoms with van der Waals surface area (Å²) in [5.74, 6) is 0.0832. The van der Waals surface area contributed by atoms with Crippen molar-refractivity contribution in [3.8, 4) is 0 Å². The molecule has 1 nitrogen and oxygen atoms in total. The Morgan fingerprint density at radius 2 is 1.62 bits per heavy atom. The maximum Gasteiger partial charge on any atom is 0.395 e. The molecule has 0 N–H and O–H groups in total. The Morgan fingerprint density at radius 3 is 2.00 bits per heavy atom. The second-order valence-corrected chi connectivity index (χ2v) is 8.49. The summed E-state index contributed by atoms with van der Waals surface area (Å²) >= 11 is 0. The molecule has 0 radical (unpaired) electrons. The van der Waals surface area contributed by atoms with Crippen LogP contribution in [-0.4, -0.2) is 12.0 Å². The first-order valence-corrected chi connectivity index (χ1v) is 11.6. The molecule has 0 heterocycles. The fraction of sp³-hybridized carbons (Fsp3) is 0.536. The molecule has 0 aliphatic heterocycles. The van der Waals surface area contributed by atoms with E-state index >= 15 is 0 Å². The van der Waals surface area contributed by atoms with Crippen molar-refractivity contribution in [3.63, 3.8) is 0 Å². The molecule has 1 fully saturated rings. The van der Waals surface area contributed by atoms with Gasteiger partial charge in [0, 0.05) is 5.56 Å². The van der Waals surface area contributed by atoms with E-state index in [1.54, 1.807) is 0 Å². The van der Waals surface area contributed by atoms with Crippen molar-refractivity contribution in [3.05, 3.63) is 71.8 Å².